The third kappa shape index (κ3) is 4.52. The number of nitrogens with one attached hydrogen (secondary N) is 1. The van der Waals surface area contributed by atoms with Crippen LogP contribution in [-0.4, -0.2) is 26.4 Å². The summed E-state index contributed by atoms with van der Waals surface area (Å²) in [6, 6.07) is 0. The van der Waals surface area contributed by atoms with Gasteiger partial charge in [0.2, 0.25) is 5.88 Å². The molecule has 0 saturated heterocycles. The van der Waals surface area contributed by atoms with Crippen LogP contribution in [0.1, 0.15) is 11.3 Å². The zero-order chi connectivity index (χ0) is 16.4. The fraction of sp³-hybridized carbons (Fsp3) is 0.444. The highest BCUT2D eigenvalue weighted by atomic mass is 32.2. The Labute approximate surface area is 125 Å². The summed E-state index contributed by atoms with van der Waals surface area (Å²) in [5, 5.41) is 10.1. The van der Waals surface area contributed by atoms with Crippen LogP contribution in [0.5, 0.6) is 5.88 Å². The van der Waals surface area contributed by atoms with Gasteiger partial charge in [-0.05, 0) is 0 Å². The van der Waals surface area contributed by atoms with Crippen molar-refractivity contribution in [3.8, 4) is 5.88 Å². The summed E-state index contributed by atoms with van der Waals surface area (Å²) >= 11 is 5.05. The second-order valence-electron chi connectivity index (χ2n) is 3.61. The van der Waals surface area contributed by atoms with Crippen molar-refractivity contribution in [1.82, 2.24) is 9.78 Å². The van der Waals surface area contributed by atoms with E-state index in [0.29, 0.717) is 16.4 Å². The smallest absolute Gasteiger partial charge is 0.417 e. The summed E-state index contributed by atoms with van der Waals surface area (Å²) in [6.07, 6.45) is -4.84. The molecule has 0 bridgehead atoms. The van der Waals surface area contributed by atoms with Crippen molar-refractivity contribution >= 4 is 34.0 Å². The van der Waals surface area contributed by atoms with Crippen LogP contribution >= 0.6 is 24.0 Å². The maximum absolute atomic E-state index is 12.8. The molecule has 0 saturated carbocycles. The van der Waals surface area contributed by atoms with Gasteiger partial charge in [0, 0.05) is 12.8 Å². The van der Waals surface area contributed by atoms with E-state index in [9.17, 15) is 22.0 Å². The number of ether oxygens (including phenoxy) is 1. The average molecular weight is 348 g/mol. The summed E-state index contributed by atoms with van der Waals surface area (Å²) in [4.78, 5) is -0.311. The molecule has 1 aromatic heterocycles. The number of rotatable bonds is 4. The Morgan fingerprint density at radius 2 is 2.10 bits per heavy atom. The number of nitrogens with zero attached hydrogens (tertiary/aromatic N) is 2. The van der Waals surface area contributed by atoms with Crippen LogP contribution in [0.25, 0.3) is 0 Å². The highest BCUT2D eigenvalue weighted by Crippen LogP contribution is 2.37. The highest BCUT2D eigenvalue weighted by Gasteiger charge is 2.40. The van der Waals surface area contributed by atoms with Crippen molar-refractivity contribution in [1.29, 1.82) is 5.41 Å². The average Bonchev–Trinajstić information content (AvgIpc) is 2.63. The topological polar surface area (TPSA) is 76.9 Å². The Kier molecular flexibility index (Phi) is 5.50. The first-order valence-corrected chi connectivity index (χ1v) is 6.52. The van der Waals surface area contributed by atoms with E-state index in [1.807, 2.05) is 0 Å². The quantitative estimate of drug-likeness (QED) is 0.378. The summed E-state index contributed by atoms with van der Waals surface area (Å²) in [5.74, 6) is -1.21. The number of aryl methyl sites for hydroxylation is 1. The Morgan fingerprint density at radius 1 is 1.52 bits per heavy atom. The Hall–Kier alpha value is -1.43. The van der Waals surface area contributed by atoms with Gasteiger partial charge in [0.05, 0.1) is 5.56 Å². The van der Waals surface area contributed by atoms with Crippen molar-refractivity contribution in [3.63, 3.8) is 0 Å². The predicted molar refractivity (Wildman–Crippen MR) is 70.6 cm³/mol. The number of thiocarbonyl (C=S) groups is 1. The van der Waals surface area contributed by atoms with Gasteiger partial charge in [0.15, 0.2) is 5.69 Å². The summed E-state index contributed by atoms with van der Waals surface area (Å²) in [6.45, 7) is -3.31. The van der Waals surface area contributed by atoms with Gasteiger partial charge in [0.1, 0.15) is 10.0 Å². The molecule has 0 aliphatic heterocycles. The number of alkyl halides is 5. The van der Waals surface area contributed by atoms with Gasteiger partial charge in [-0.1, -0.05) is 24.0 Å². The molecule has 0 radical (unpaired) electrons. The molecule has 21 heavy (non-hydrogen) atoms. The SMILES string of the molecule is Cn1nc(C(F)(F)F)c(CSC(=N)C(N)=S)c1OC(F)F. The lowest BCUT2D eigenvalue weighted by Gasteiger charge is -2.09. The second-order valence-corrected chi connectivity index (χ2v) is 5.04. The number of halogens is 5. The van der Waals surface area contributed by atoms with Gasteiger partial charge in [-0.3, -0.25) is 5.41 Å². The van der Waals surface area contributed by atoms with Crippen LogP contribution in [-0.2, 0) is 19.0 Å². The lowest BCUT2D eigenvalue weighted by Crippen LogP contribution is -2.17. The lowest BCUT2D eigenvalue weighted by atomic mass is 10.2. The molecular formula is C9H9F5N4OS2. The molecule has 0 spiro atoms. The van der Waals surface area contributed by atoms with Crippen molar-refractivity contribution in [2.45, 2.75) is 18.5 Å². The molecule has 0 aliphatic carbocycles. The first-order valence-electron chi connectivity index (χ1n) is 5.13. The molecule has 0 fully saturated rings. The fourth-order valence-electron chi connectivity index (χ4n) is 1.36. The monoisotopic (exact) mass is 348 g/mol. The standard InChI is InChI=1S/C9H9F5N4OS2/c1-18-7(19-8(10)11)3(2-21-6(16)5(15)20)4(17-18)9(12,13)14/h8,16H,2H2,1H3,(H2,15,20). The largest absolute Gasteiger partial charge is 0.435 e. The number of hydrogen-bond acceptors (Lipinski definition) is 5. The number of thioether (sulfide) groups is 1. The fourth-order valence-corrected chi connectivity index (χ4v) is 2.23. The highest BCUT2D eigenvalue weighted by molar-refractivity contribution is 8.16. The third-order valence-corrected chi connectivity index (χ3v) is 3.42. The van der Waals surface area contributed by atoms with Crippen molar-refractivity contribution in [2.75, 3.05) is 0 Å². The molecule has 0 atom stereocenters. The minimum absolute atomic E-state index is 0.311. The van der Waals surface area contributed by atoms with E-state index in [1.165, 1.54) is 0 Å². The second kappa shape index (κ2) is 6.56. The van der Waals surface area contributed by atoms with E-state index in [1.54, 1.807) is 0 Å². The van der Waals surface area contributed by atoms with E-state index < -0.39 is 35.7 Å². The van der Waals surface area contributed by atoms with E-state index in [-0.39, 0.29) is 10.0 Å². The van der Waals surface area contributed by atoms with E-state index >= 15 is 0 Å². The van der Waals surface area contributed by atoms with Crippen LogP contribution in [0.15, 0.2) is 0 Å². The molecule has 0 aliphatic rings. The van der Waals surface area contributed by atoms with Crippen LogP contribution in [0.4, 0.5) is 22.0 Å². The van der Waals surface area contributed by atoms with E-state index in [2.05, 4.69) is 22.1 Å². The normalized spacial score (nSPS) is 11.8. The molecule has 0 amide bonds. The molecule has 1 aromatic rings. The maximum Gasteiger partial charge on any atom is 0.435 e. The van der Waals surface area contributed by atoms with Gasteiger partial charge in [-0.15, -0.1) is 0 Å². The predicted octanol–water partition coefficient (Wildman–Crippen LogP) is 2.54. The first kappa shape index (κ1) is 17.6. The first-order chi connectivity index (χ1) is 9.54. The van der Waals surface area contributed by atoms with Crippen LogP contribution < -0.4 is 10.5 Å². The molecule has 118 valence electrons. The van der Waals surface area contributed by atoms with E-state index in [0.717, 1.165) is 7.05 Å². The van der Waals surface area contributed by atoms with Crippen LogP contribution in [0.3, 0.4) is 0 Å². The van der Waals surface area contributed by atoms with Crippen molar-refractivity contribution in [3.05, 3.63) is 11.3 Å². The Morgan fingerprint density at radius 3 is 2.52 bits per heavy atom. The van der Waals surface area contributed by atoms with E-state index in [4.69, 9.17) is 11.1 Å². The zero-order valence-corrected chi connectivity index (χ0v) is 12.0. The number of nitrogens with two attached hydrogens (primary N) is 1. The summed E-state index contributed by atoms with van der Waals surface area (Å²) < 4.78 is 67.7. The number of hydrogen-bond donors (Lipinski definition) is 2. The summed E-state index contributed by atoms with van der Waals surface area (Å²) in [7, 11) is 1.04. The van der Waals surface area contributed by atoms with Crippen molar-refractivity contribution in [2.24, 2.45) is 12.8 Å². The zero-order valence-electron chi connectivity index (χ0n) is 10.4. The molecule has 1 heterocycles. The van der Waals surface area contributed by atoms with Gasteiger partial charge in [0.25, 0.3) is 0 Å². The van der Waals surface area contributed by atoms with Gasteiger partial charge in [-0.2, -0.15) is 27.1 Å². The minimum atomic E-state index is -4.84. The lowest BCUT2D eigenvalue weighted by molar-refractivity contribution is -0.142. The maximum atomic E-state index is 12.8. The molecule has 5 nitrogen and oxygen atoms in total. The van der Waals surface area contributed by atoms with Crippen LogP contribution in [0, 0.1) is 5.41 Å². The summed E-state index contributed by atoms with van der Waals surface area (Å²) in [5.41, 5.74) is 3.18. The van der Waals surface area contributed by atoms with Crippen molar-refractivity contribution < 1.29 is 26.7 Å². The van der Waals surface area contributed by atoms with Crippen LogP contribution in [0.2, 0.25) is 0 Å². The molecule has 0 aromatic carbocycles. The van der Waals surface area contributed by atoms with Gasteiger partial charge < -0.3 is 10.5 Å². The molecule has 0 unspecified atom stereocenters. The molecular weight excluding hydrogens is 339 g/mol. The number of aromatic nitrogens is 2. The molecule has 3 N–H and O–H groups in total. The van der Waals surface area contributed by atoms with Gasteiger partial charge >= 0.3 is 12.8 Å². The molecule has 12 heteroatoms. The third-order valence-electron chi connectivity index (χ3n) is 2.14. The molecule has 1 rings (SSSR count). The minimum Gasteiger partial charge on any atom is -0.417 e. The Bertz CT molecular complexity index is 557. The Balaban J connectivity index is 3.17. The van der Waals surface area contributed by atoms with Gasteiger partial charge in [-0.25, -0.2) is 4.68 Å².